The Bertz CT molecular complexity index is 112. The van der Waals surface area contributed by atoms with Gasteiger partial charge in [-0.15, -0.1) is 0 Å². The fraction of sp³-hybridized carbons (Fsp3) is 0.875. The third-order valence-electron chi connectivity index (χ3n) is 1.41. The normalized spacial score (nSPS) is 12.9. The standard InChI is InChI=1S/C8H16O3/c1-3-4-5-11-6-7(2)8(9)10/h7H,3-6H2,1-2H3,(H,9,10)/p-1. The molecule has 0 aliphatic rings. The molecule has 0 fully saturated rings. The third-order valence-corrected chi connectivity index (χ3v) is 1.41. The van der Waals surface area contributed by atoms with Gasteiger partial charge in [0, 0.05) is 18.5 Å². The first-order valence-electron chi connectivity index (χ1n) is 3.97. The first-order chi connectivity index (χ1) is 5.18. The number of carboxylic acids is 1. The molecule has 0 aliphatic heterocycles. The quantitative estimate of drug-likeness (QED) is 0.520. The molecule has 3 nitrogen and oxygen atoms in total. The third kappa shape index (κ3) is 5.85. The van der Waals surface area contributed by atoms with Crippen molar-refractivity contribution in [3.05, 3.63) is 0 Å². The first kappa shape index (κ1) is 10.4. The Morgan fingerprint density at radius 3 is 2.73 bits per heavy atom. The number of unbranched alkanes of at least 4 members (excludes halogenated alkanes) is 1. The smallest absolute Gasteiger partial charge is 0.0543 e. The van der Waals surface area contributed by atoms with Crippen molar-refractivity contribution in [1.29, 1.82) is 0 Å². The van der Waals surface area contributed by atoms with Gasteiger partial charge in [-0.25, -0.2) is 0 Å². The van der Waals surface area contributed by atoms with Gasteiger partial charge in [0.15, 0.2) is 0 Å². The summed E-state index contributed by atoms with van der Waals surface area (Å²) >= 11 is 0. The van der Waals surface area contributed by atoms with E-state index in [4.69, 9.17) is 4.74 Å². The molecule has 1 unspecified atom stereocenters. The van der Waals surface area contributed by atoms with E-state index in [-0.39, 0.29) is 6.61 Å². The van der Waals surface area contributed by atoms with E-state index in [2.05, 4.69) is 6.92 Å². The van der Waals surface area contributed by atoms with Crippen LogP contribution in [0.25, 0.3) is 0 Å². The lowest BCUT2D eigenvalue weighted by Gasteiger charge is -2.11. The summed E-state index contributed by atoms with van der Waals surface area (Å²) in [5, 5.41) is 10.2. The van der Waals surface area contributed by atoms with Crippen molar-refractivity contribution in [2.75, 3.05) is 13.2 Å². The summed E-state index contributed by atoms with van der Waals surface area (Å²) in [6, 6.07) is 0. The van der Waals surface area contributed by atoms with Crippen molar-refractivity contribution in [2.45, 2.75) is 26.7 Å². The number of carbonyl (C=O) groups is 1. The highest BCUT2D eigenvalue weighted by molar-refractivity contribution is 5.67. The van der Waals surface area contributed by atoms with Gasteiger partial charge in [0.2, 0.25) is 0 Å². The van der Waals surface area contributed by atoms with Crippen molar-refractivity contribution < 1.29 is 14.6 Å². The van der Waals surface area contributed by atoms with Crippen LogP contribution < -0.4 is 5.11 Å². The number of aliphatic carboxylic acids is 1. The van der Waals surface area contributed by atoms with E-state index < -0.39 is 11.9 Å². The summed E-state index contributed by atoms with van der Waals surface area (Å²) < 4.78 is 5.08. The molecule has 0 aromatic heterocycles. The minimum absolute atomic E-state index is 0.266. The topological polar surface area (TPSA) is 49.4 Å². The van der Waals surface area contributed by atoms with Crippen LogP contribution in [0.15, 0.2) is 0 Å². The number of rotatable bonds is 6. The van der Waals surface area contributed by atoms with Crippen LogP contribution in [0.2, 0.25) is 0 Å². The molecule has 0 aromatic rings. The highest BCUT2D eigenvalue weighted by Gasteiger charge is 2.01. The largest absolute Gasteiger partial charge is 0.550 e. The average molecular weight is 159 g/mol. The lowest BCUT2D eigenvalue weighted by molar-refractivity contribution is -0.312. The molecule has 11 heavy (non-hydrogen) atoms. The second-order valence-corrected chi connectivity index (χ2v) is 2.65. The Labute approximate surface area is 67.4 Å². The van der Waals surface area contributed by atoms with Crippen molar-refractivity contribution in [1.82, 2.24) is 0 Å². The average Bonchev–Trinajstić information content (AvgIpc) is 1.97. The monoisotopic (exact) mass is 159 g/mol. The fourth-order valence-corrected chi connectivity index (χ4v) is 0.575. The van der Waals surface area contributed by atoms with Gasteiger partial charge in [0.1, 0.15) is 0 Å². The summed E-state index contributed by atoms with van der Waals surface area (Å²) in [6.45, 7) is 4.56. The number of ether oxygens (including phenoxy) is 1. The lowest BCUT2D eigenvalue weighted by Crippen LogP contribution is -2.32. The van der Waals surface area contributed by atoms with Gasteiger partial charge >= 0.3 is 0 Å². The fourth-order valence-electron chi connectivity index (χ4n) is 0.575. The molecule has 0 aliphatic carbocycles. The van der Waals surface area contributed by atoms with E-state index in [1.165, 1.54) is 0 Å². The number of carboxylic acid groups (broad SMARTS) is 1. The Morgan fingerprint density at radius 1 is 1.64 bits per heavy atom. The molecule has 1 atom stereocenters. The summed E-state index contributed by atoms with van der Waals surface area (Å²) in [4.78, 5) is 10.2. The van der Waals surface area contributed by atoms with Crippen LogP contribution in [0, 0.1) is 5.92 Å². The highest BCUT2D eigenvalue weighted by Crippen LogP contribution is 1.95. The van der Waals surface area contributed by atoms with Crippen molar-refractivity contribution in [2.24, 2.45) is 5.92 Å². The second-order valence-electron chi connectivity index (χ2n) is 2.65. The molecule has 0 heterocycles. The van der Waals surface area contributed by atoms with Crippen LogP contribution in [-0.4, -0.2) is 19.2 Å². The number of hydrogen-bond acceptors (Lipinski definition) is 3. The zero-order valence-electron chi connectivity index (χ0n) is 7.13. The van der Waals surface area contributed by atoms with Gasteiger partial charge in [0.05, 0.1) is 6.61 Å². The summed E-state index contributed by atoms with van der Waals surface area (Å²) in [5.74, 6) is -1.53. The van der Waals surface area contributed by atoms with Gasteiger partial charge < -0.3 is 14.6 Å². The molecule has 0 spiro atoms. The summed E-state index contributed by atoms with van der Waals surface area (Å²) in [7, 11) is 0. The molecule has 0 amide bonds. The molecule has 0 N–H and O–H groups in total. The van der Waals surface area contributed by atoms with Gasteiger partial charge in [0.25, 0.3) is 0 Å². The SMILES string of the molecule is CCCCOCC(C)C(=O)[O-]. The molecule has 0 bridgehead atoms. The van der Waals surface area contributed by atoms with Crippen LogP contribution in [0.3, 0.4) is 0 Å². The van der Waals surface area contributed by atoms with Gasteiger partial charge in [-0.1, -0.05) is 20.3 Å². The maximum absolute atomic E-state index is 10.2. The van der Waals surface area contributed by atoms with Crippen LogP contribution in [0.5, 0.6) is 0 Å². The van der Waals surface area contributed by atoms with Gasteiger partial charge in [-0.05, 0) is 6.42 Å². The Hall–Kier alpha value is -0.570. The molecule has 0 saturated carbocycles. The highest BCUT2D eigenvalue weighted by atomic mass is 16.5. The first-order valence-corrected chi connectivity index (χ1v) is 3.97. The molecule has 0 rings (SSSR count). The van der Waals surface area contributed by atoms with Crippen LogP contribution in [0.1, 0.15) is 26.7 Å². The van der Waals surface area contributed by atoms with Gasteiger partial charge in [-0.3, -0.25) is 0 Å². The maximum atomic E-state index is 10.2. The molecule has 0 radical (unpaired) electrons. The number of carbonyl (C=O) groups excluding carboxylic acids is 1. The van der Waals surface area contributed by atoms with E-state index >= 15 is 0 Å². The molecule has 66 valence electrons. The maximum Gasteiger partial charge on any atom is 0.0543 e. The van der Waals surface area contributed by atoms with Crippen molar-refractivity contribution >= 4 is 5.97 Å². The minimum atomic E-state index is -1.04. The Balaban J connectivity index is 3.17. The summed E-state index contributed by atoms with van der Waals surface area (Å²) in [5.41, 5.74) is 0. The van der Waals surface area contributed by atoms with Crippen molar-refractivity contribution in [3.8, 4) is 0 Å². The minimum Gasteiger partial charge on any atom is -0.550 e. The predicted octanol–water partition coefficient (Wildman–Crippen LogP) is 0.189. The van der Waals surface area contributed by atoms with E-state index in [1.807, 2.05) is 0 Å². The Kier molecular flexibility index (Phi) is 5.84. The van der Waals surface area contributed by atoms with E-state index in [9.17, 15) is 9.90 Å². The molecular weight excluding hydrogens is 144 g/mol. The van der Waals surface area contributed by atoms with E-state index in [0.717, 1.165) is 12.8 Å². The lowest BCUT2D eigenvalue weighted by atomic mass is 10.2. The Morgan fingerprint density at radius 2 is 2.27 bits per heavy atom. The van der Waals surface area contributed by atoms with Crippen LogP contribution >= 0.6 is 0 Å². The number of hydrogen-bond donors (Lipinski definition) is 0. The molecule has 0 saturated heterocycles. The molecular formula is C8H15O3-. The van der Waals surface area contributed by atoms with Crippen molar-refractivity contribution in [3.63, 3.8) is 0 Å². The summed E-state index contributed by atoms with van der Waals surface area (Å²) in [6.07, 6.45) is 2.06. The van der Waals surface area contributed by atoms with Crippen LogP contribution in [-0.2, 0) is 9.53 Å². The molecule has 0 aromatic carbocycles. The van der Waals surface area contributed by atoms with Gasteiger partial charge in [-0.2, -0.15) is 0 Å². The molecule has 3 heteroatoms. The van der Waals surface area contributed by atoms with Crippen LogP contribution in [0.4, 0.5) is 0 Å². The second kappa shape index (κ2) is 6.16. The predicted molar refractivity (Wildman–Crippen MR) is 39.9 cm³/mol. The van der Waals surface area contributed by atoms with E-state index in [1.54, 1.807) is 6.92 Å². The zero-order chi connectivity index (χ0) is 8.69. The zero-order valence-corrected chi connectivity index (χ0v) is 7.13. The van der Waals surface area contributed by atoms with E-state index in [0.29, 0.717) is 6.61 Å².